The molecule has 6 nitrogen and oxygen atoms in total. The summed E-state index contributed by atoms with van der Waals surface area (Å²) < 4.78 is 10.3. The van der Waals surface area contributed by atoms with E-state index in [9.17, 15) is 0 Å². The number of rotatable bonds is 9. The van der Waals surface area contributed by atoms with Crippen LogP contribution in [-0.4, -0.2) is 43.4 Å². The molecule has 0 fully saturated rings. The van der Waals surface area contributed by atoms with Crippen molar-refractivity contribution in [2.45, 2.75) is 12.8 Å². The van der Waals surface area contributed by atoms with Crippen LogP contribution < -0.4 is 11.1 Å². The van der Waals surface area contributed by atoms with E-state index in [0.29, 0.717) is 13.2 Å². The highest BCUT2D eigenvalue weighted by Gasteiger charge is 2.01. The van der Waals surface area contributed by atoms with Gasteiger partial charge in [0.1, 0.15) is 0 Å². The van der Waals surface area contributed by atoms with E-state index in [1.807, 2.05) is 18.2 Å². The molecule has 0 aliphatic heterocycles. The number of nitrogen functional groups attached to an aromatic ring is 1. The zero-order chi connectivity index (χ0) is 14.2. The first-order chi connectivity index (χ1) is 9.79. The summed E-state index contributed by atoms with van der Waals surface area (Å²) in [6, 6.07) is 5.65. The number of unbranched alkanes of at least 4 members (excludes halogenated alkanes) is 1. The number of hydrogen-bond acceptors (Lipinski definition) is 5. The van der Waals surface area contributed by atoms with Crippen LogP contribution in [0.2, 0.25) is 0 Å². The fourth-order valence-electron chi connectivity index (χ4n) is 1.89. The molecule has 2 aromatic rings. The quantitative estimate of drug-likeness (QED) is 0.482. The van der Waals surface area contributed by atoms with E-state index in [-0.39, 0.29) is 0 Å². The second-order valence-corrected chi connectivity index (χ2v) is 4.60. The number of aromatic nitrogens is 2. The lowest BCUT2D eigenvalue weighted by Crippen LogP contribution is -2.06. The van der Waals surface area contributed by atoms with Gasteiger partial charge in [-0.25, -0.2) is 4.98 Å². The van der Waals surface area contributed by atoms with E-state index in [4.69, 9.17) is 15.2 Å². The summed E-state index contributed by atoms with van der Waals surface area (Å²) >= 11 is 0. The number of nitrogens with two attached hydrogens (primary N) is 1. The van der Waals surface area contributed by atoms with Crippen molar-refractivity contribution in [2.75, 3.05) is 44.5 Å². The van der Waals surface area contributed by atoms with Crippen molar-refractivity contribution in [2.24, 2.45) is 0 Å². The number of fused-ring (bicyclic) bond motifs is 1. The van der Waals surface area contributed by atoms with Gasteiger partial charge in [0.05, 0.1) is 24.2 Å². The number of H-pyrrole nitrogens is 1. The molecule has 0 amide bonds. The number of methoxy groups -OCH3 is 1. The summed E-state index contributed by atoms with van der Waals surface area (Å²) in [5, 5.41) is 3.27. The summed E-state index contributed by atoms with van der Waals surface area (Å²) in [6.45, 7) is 2.94. The molecule has 1 aromatic heterocycles. The molecule has 0 unspecified atom stereocenters. The number of aromatic amines is 1. The zero-order valence-corrected chi connectivity index (χ0v) is 11.8. The van der Waals surface area contributed by atoms with E-state index in [2.05, 4.69) is 15.3 Å². The Labute approximate surface area is 118 Å². The SMILES string of the molecule is COCCOCCCCNc1nc2ccc(N)cc2[nH]1. The molecule has 0 saturated carbocycles. The first-order valence-corrected chi connectivity index (χ1v) is 6.85. The van der Waals surface area contributed by atoms with E-state index in [1.54, 1.807) is 7.11 Å². The summed E-state index contributed by atoms with van der Waals surface area (Å²) in [5.41, 5.74) is 8.34. The van der Waals surface area contributed by atoms with Crippen LogP contribution in [0.25, 0.3) is 11.0 Å². The number of ether oxygens (including phenoxy) is 2. The van der Waals surface area contributed by atoms with E-state index in [1.165, 1.54) is 0 Å². The minimum Gasteiger partial charge on any atom is -0.399 e. The maximum Gasteiger partial charge on any atom is 0.201 e. The topological polar surface area (TPSA) is 85.2 Å². The molecular formula is C14H22N4O2. The fraction of sp³-hybridized carbons (Fsp3) is 0.500. The van der Waals surface area contributed by atoms with Crippen LogP contribution >= 0.6 is 0 Å². The minimum atomic E-state index is 0.653. The van der Waals surface area contributed by atoms with Crippen molar-refractivity contribution in [3.8, 4) is 0 Å². The normalized spacial score (nSPS) is 11.1. The molecule has 1 aromatic carbocycles. The largest absolute Gasteiger partial charge is 0.399 e. The standard InChI is InChI=1S/C14H22N4O2/c1-19-8-9-20-7-3-2-6-16-14-17-12-5-4-11(15)10-13(12)18-14/h4-5,10H,2-3,6-9,15H2,1H3,(H2,16,17,18). The summed E-state index contributed by atoms with van der Waals surface area (Å²) in [4.78, 5) is 7.65. The van der Waals surface area contributed by atoms with Crippen molar-refractivity contribution < 1.29 is 9.47 Å². The molecule has 1 heterocycles. The number of hydrogen-bond donors (Lipinski definition) is 3. The predicted molar refractivity (Wildman–Crippen MR) is 80.9 cm³/mol. The predicted octanol–water partition coefficient (Wildman–Crippen LogP) is 2.00. The first kappa shape index (κ1) is 14.6. The average molecular weight is 278 g/mol. The third-order valence-corrected chi connectivity index (χ3v) is 2.95. The van der Waals surface area contributed by atoms with E-state index >= 15 is 0 Å². The lowest BCUT2D eigenvalue weighted by Gasteiger charge is -2.04. The Morgan fingerprint density at radius 2 is 2.15 bits per heavy atom. The van der Waals surface area contributed by atoms with Crippen molar-refractivity contribution >= 4 is 22.7 Å². The molecule has 0 aliphatic rings. The molecule has 0 radical (unpaired) electrons. The number of nitrogens with zero attached hydrogens (tertiary/aromatic N) is 1. The first-order valence-electron chi connectivity index (χ1n) is 6.85. The number of imidazole rings is 1. The van der Waals surface area contributed by atoms with E-state index < -0.39 is 0 Å². The van der Waals surface area contributed by atoms with Crippen LogP contribution in [0, 0.1) is 0 Å². The Bertz CT molecular complexity index is 527. The summed E-state index contributed by atoms with van der Waals surface area (Å²) in [7, 11) is 1.67. The van der Waals surface area contributed by atoms with Gasteiger partial charge in [0.2, 0.25) is 5.95 Å². The molecule has 6 heteroatoms. The molecule has 2 rings (SSSR count). The van der Waals surface area contributed by atoms with Gasteiger partial charge < -0.3 is 25.5 Å². The van der Waals surface area contributed by atoms with Gasteiger partial charge in [0, 0.05) is 25.9 Å². The van der Waals surface area contributed by atoms with Crippen molar-refractivity contribution in [3.63, 3.8) is 0 Å². The molecular weight excluding hydrogens is 256 g/mol. The van der Waals surface area contributed by atoms with Crippen LogP contribution in [0.4, 0.5) is 11.6 Å². The van der Waals surface area contributed by atoms with Crippen LogP contribution in [0.1, 0.15) is 12.8 Å². The zero-order valence-electron chi connectivity index (χ0n) is 11.8. The highest BCUT2D eigenvalue weighted by molar-refractivity contribution is 5.80. The fourth-order valence-corrected chi connectivity index (χ4v) is 1.89. The molecule has 0 spiro atoms. The highest BCUT2D eigenvalue weighted by atomic mass is 16.5. The molecule has 0 aliphatic carbocycles. The third kappa shape index (κ3) is 4.40. The molecule has 0 atom stereocenters. The van der Waals surface area contributed by atoms with Gasteiger partial charge in [0.15, 0.2) is 0 Å². The van der Waals surface area contributed by atoms with Gasteiger partial charge in [-0.15, -0.1) is 0 Å². The Morgan fingerprint density at radius 1 is 1.25 bits per heavy atom. The van der Waals surface area contributed by atoms with Crippen molar-refractivity contribution in [1.29, 1.82) is 0 Å². The third-order valence-electron chi connectivity index (χ3n) is 2.95. The monoisotopic (exact) mass is 278 g/mol. The molecule has 110 valence electrons. The van der Waals surface area contributed by atoms with Gasteiger partial charge in [-0.1, -0.05) is 0 Å². The molecule has 0 saturated heterocycles. The summed E-state index contributed by atoms with van der Waals surface area (Å²) in [6.07, 6.45) is 2.05. The van der Waals surface area contributed by atoms with Crippen molar-refractivity contribution in [1.82, 2.24) is 9.97 Å². The smallest absolute Gasteiger partial charge is 0.201 e. The van der Waals surface area contributed by atoms with Gasteiger partial charge in [-0.3, -0.25) is 0 Å². The van der Waals surface area contributed by atoms with Gasteiger partial charge in [-0.05, 0) is 31.0 Å². The highest BCUT2D eigenvalue weighted by Crippen LogP contribution is 2.16. The number of benzene rings is 1. The Balaban J connectivity index is 1.65. The van der Waals surface area contributed by atoms with Crippen LogP contribution in [0.15, 0.2) is 18.2 Å². The lowest BCUT2D eigenvalue weighted by atomic mass is 10.3. The molecule has 0 bridgehead atoms. The van der Waals surface area contributed by atoms with Crippen LogP contribution in [0.5, 0.6) is 0 Å². The van der Waals surface area contributed by atoms with Gasteiger partial charge in [0.25, 0.3) is 0 Å². The second-order valence-electron chi connectivity index (χ2n) is 4.60. The maximum absolute atomic E-state index is 5.73. The van der Waals surface area contributed by atoms with Crippen molar-refractivity contribution in [3.05, 3.63) is 18.2 Å². The average Bonchev–Trinajstić information content (AvgIpc) is 2.83. The lowest BCUT2D eigenvalue weighted by molar-refractivity contribution is 0.0691. The Kier molecular flexibility index (Phi) is 5.64. The molecule has 4 N–H and O–H groups in total. The van der Waals surface area contributed by atoms with E-state index in [0.717, 1.165) is 48.7 Å². The van der Waals surface area contributed by atoms with Gasteiger partial charge in [-0.2, -0.15) is 0 Å². The Morgan fingerprint density at radius 3 is 3.00 bits per heavy atom. The number of anilines is 2. The number of nitrogens with one attached hydrogen (secondary N) is 2. The van der Waals surface area contributed by atoms with Gasteiger partial charge >= 0.3 is 0 Å². The minimum absolute atomic E-state index is 0.653. The molecule has 20 heavy (non-hydrogen) atoms. The summed E-state index contributed by atoms with van der Waals surface area (Å²) in [5.74, 6) is 0.783. The maximum atomic E-state index is 5.73. The second kappa shape index (κ2) is 7.72. The van der Waals surface area contributed by atoms with Crippen LogP contribution in [0.3, 0.4) is 0 Å². The van der Waals surface area contributed by atoms with Crippen LogP contribution in [-0.2, 0) is 9.47 Å². The Hall–Kier alpha value is -1.79.